The molecule has 18 unspecified atom stereocenters. The molecule has 97 heavy (non-hydrogen) atoms. The zero-order valence-corrected chi connectivity index (χ0v) is 59.4. The number of aliphatic hydroxyl groups excluding tert-OH is 11. The van der Waals surface area contributed by atoms with Crippen LogP contribution in [0.15, 0.2) is 36.5 Å². The molecule has 0 aromatic carbocycles. The Morgan fingerprint density at radius 3 is 1.45 bits per heavy atom. The fourth-order valence-corrected chi connectivity index (χ4v) is 13.0. The van der Waals surface area contributed by atoms with Gasteiger partial charge in [0.1, 0.15) is 67.1 Å². The Morgan fingerprint density at radius 2 is 1.00 bits per heavy atom. The van der Waals surface area contributed by atoms with Crippen LogP contribution in [-0.4, -0.2) is 215 Å². The standard InChI is InChI=1S/C74H134N2O21/c1-4-6-8-10-12-14-16-18-20-22-23-24-25-26-27-28-29-30-31-32-34-36-38-40-42-44-46-48-61(84)76-55(56(81)47-45-43-41-39-37-35-33-21-19-17-15-13-11-9-7-5-2)53-92-71-66(88)65(87)68(60(52-79)94-71)95-72-67(89)70(64(86)59(51-78)93-72)97-74(73(90)91)49-57(82)62(75-54(3)80)69(96-74)63(85)58(83)50-77/h23-24,26-27,45,47,55-60,62-72,77-79,81-83,85-89H,4-22,25,28-44,46,48-53H2,1-3H3,(H,75,80)(H,76,84)(H,90,91)/b24-23-,27-26-,47-45+. The normalized spacial score (nSPS) is 27.6. The largest absolute Gasteiger partial charge is 0.477 e. The number of hydrogen-bond acceptors (Lipinski definition) is 20. The van der Waals surface area contributed by atoms with E-state index in [9.17, 15) is 75.7 Å². The number of hydrogen-bond donors (Lipinski definition) is 14. The van der Waals surface area contributed by atoms with E-state index in [1.54, 1.807) is 6.08 Å². The van der Waals surface area contributed by atoms with Crippen molar-refractivity contribution >= 4 is 17.8 Å². The number of carboxylic acids is 1. The van der Waals surface area contributed by atoms with Crippen molar-refractivity contribution in [3.63, 3.8) is 0 Å². The molecule has 2 amide bonds. The highest BCUT2D eigenvalue weighted by atomic mass is 16.8. The number of allylic oxidation sites excluding steroid dienone is 5. The van der Waals surface area contributed by atoms with Gasteiger partial charge in [0.2, 0.25) is 11.8 Å². The molecule has 0 radical (unpaired) electrons. The van der Waals surface area contributed by atoms with E-state index in [-0.39, 0.29) is 12.3 Å². The average Bonchev–Trinajstić information content (AvgIpc) is 0.760. The number of amides is 2. The number of aliphatic carboxylic acids is 1. The van der Waals surface area contributed by atoms with Gasteiger partial charge < -0.3 is 100 Å². The first-order valence-electron chi connectivity index (χ1n) is 37.9. The van der Waals surface area contributed by atoms with Gasteiger partial charge in [-0.1, -0.05) is 243 Å². The molecule has 3 heterocycles. The second-order valence-corrected chi connectivity index (χ2v) is 27.5. The van der Waals surface area contributed by atoms with Crippen LogP contribution in [0.3, 0.4) is 0 Å². The Hall–Kier alpha value is -3.05. The molecular weight excluding hydrogens is 1250 g/mol. The lowest BCUT2D eigenvalue weighted by Crippen LogP contribution is -2.70. The van der Waals surface area contributed by atoms with E-state index in [4.69, 9.17) is 28.4 Å². The van der Waals surface area contributed by atoms with Crippen LogP contribution in [0.25, 0.3) is 0 Å². The van der Waals surface area contributed by atoms with Crippen molar-refractivity contribution in [3.8, 4) is 0 Å². The SMILES string of the molecule is CCCCCCCCCCC/C=C\C/C=C\CCCCCCCCCCCCCC(=O)NC(COC1OC(CO)C(OC2OC(CO)C(O)C(OC3(C(=O)O)CC(O)C(NC(C)=O)C(C(O)C(O)CO)O3)C2O)C(O)C1O)C(O)/C=C/CCCCCCCCCCCCCCCC. The predicted molar refractivity (Wildman–Crippen MR) is 371 cm³/mol. The lowest BCUT2D eigenvalue weighted by Gasteiger charge is -2.50. The topological polar surface area (TPSA) is 373 Å². The Labute approximate surface area is 580 Å². The van der Waals surface area contributed by atoms with E-state index >= 15 is 0 Å². The predicted octanol–water partition coefficient (Wildman–Crippen LogP) is 8.57. The van der Waals surface area contributed by atoms with Crippen LogP contribution >= 0.6 is 0 Å². The molecule has 23 nitrogen and oxygen atoms in total. The Morgan fingerprint density at radius 1 is 0.546 bits per heavy atom. The minimum absolute atomic E-state index is 0.197. The van der Waals surface area contributed by atoms with Gasteiger partial charge in [-0.2, -0.15) is 0 Å². The molecule has 14 N–H and O–H groups in total. The molecule has 0 bridgehead atoms. The van der Waals surface area contributed by atoms with E-state index in [1.807, 2.05) is 6.08 Å². The third kappa shape index (κ3) is 35.1. The minimum atomic E-state index is -3.08. The number of unbranched alkanes of at least 4 members (excludes halogenated alkanes) is 34. The van der Waals surface area contributed by atoms with Crippen molar-refractivity contribution in [2.24, 2.45) is 0 Å². The first-order chi connectivity index (χ1) is 46.9. The average molecular weight is 1390 g/mol. The van der Waals surface area contributed by atoms with Crippen molar-refractivity contribution in [2.75, 3.05) is 26.4 Å². The van der Waals surface area contributed by atoms with Crippen LogP contribution in [0.2, 0.25) is 0 Å². The molecule has 566 valence electrons. The van der Waals surface area contributed by atoms with Crippen molar-refractivity contribution < 1.29 is 104 Å². The Bertz CT molecular complexity index is 2090. The Balaban J connectivity index is 1.54. The summed E-state index contributed by atoms with van der Waals surface area (Å²) >= 11 is 0. The molecule has 3 aliphatic rings. The highest BCUT2D eigenvalue weighted by Crippen LogP contribution is 2.39. The van der Waals surface area contributed by atoms with Gasteiger partial charge in [-0.05, 0) is 51.4 Å². The third-order valence-corrected chi connectivity index (χ3v) is 19.1. The second-order valence-electron chi connectivity index (χ2n) is 27.5. The fourth-order valence-electron chi connectivity index (χ4n) is 13.0. The quantitative estimate of drug-likeness (QED) is 0.0200. The molecule has 0 spiro atoms. The highest BCUT2D eigenvalue weighted by molar-refractivity contribution is 5.77. The van der Waals surface area contributed by atoms with Crippen LogP contribution in [-0.2, 0) is 42.8 Å². The molecule has 3 aliphatic heterocycles. The number of rotatable bonds is 58. The third-order valence-electron chi connectivity index (χ3n) is 19.1. The number of ether oxygens (including phenoxy) is 6. The molecule has 0 aromatic heterocycles. The van der Waals surface area contributed by atoms with Crippen molar-refractivity contribution in [1.29, 1.82) is 0 Å². The van der Waals surface area contributed by atoms with Gasteiger partial charge in [-0.3, -0.25) is 9.59 Å². The highest BCUT2D eigenvalue weighted by Gasteiger charge is 2.60. The van der Waals surface area contributed by atoms with Gasteiger partial charge >= 0.3 is 5.97 Å². The van der Waals surface area contributed by atoms with Crippen LogP contribution in [0.5, 0.6) is 0 Å². The summed E-state index contributed by atoms with van der Waals surface area (Å²) < 4.78 is 34.8. The van der Waals surface area contributed by atoms with Crippen LogP contribution in [0.1, 0.15) is 278 Å². The van der Waals surface area contributed by atoms with E-state index in [1.165, 1.54) is 173 Å². The summed E-state index contributed by atoms with van der Waals surface area (Å²) in [5, 5.41) is 136. The number of carbonyl (C=O) groups is 3. The van der Waals surface area contributed by atoms with Gasteiger partial charge in [-0.25, -0.2) is 4.79 Å². The summed E-state index contributed by atoms with van der Waals surface area (Å²) in [6.45, 7) is 2.15. The van der Waals surface area contributed by atoms with Crippen LogP contribution in [0.4, 0.5) is 0 Å². The summed E-state index contributed by atoms with van der Waals surface area (Å²) in [5.41, 5.74) is 0. The molecule has 23 heteroatoms. The number of nitrogens with one attached hydrogen (secondary N) is 2. The maximum Gasteiger partial charge on any atom is 0.364 e. The van der Waals surface area contributed by atoms with E-state index in [0.29, 0.717) is 12.8 Å². The molecular formula is C74H134N2O21. The molecule has 3 saturated heterocycles. The number of carboxylic acid groups (broad SMARTS) is 1. The maximum atomic E-state index is 13.5. The summed E-state index contributed by atoms with van der Waals surface area (Å²) in [4.78, 5) is 38.6. The zero-order chi connectivity index (χ0) is 71.1. The monoisotopic (exact) mass is 1390 g/mol. The number of aliphatic hydroxyl groups is 11. The zero-order valence-electron chi connectivity index (χ0n) is 59.4. The van der Waals surface area contributed by atoms with Gasteiger partial charge in [0.05, 0.1) is 50.7 Å². The van der Waals surface area contributed by atoms with Gasteiger partial charge in [0.25, 0.3) is 5.79 Å². The molecule has 0 aromatic rings. The smallest absolute Gasteiger partial charge is 0.364 e. The first kappa shape index (κ1) is 88.2. The van der Waals surface area contributed by atoms with E-state index in [2.05, 4.69) is 48.8 Å². The summed E-state index contributed by atoms with van der Waals surface area (Å²) in [5.74, 6) is -6.14. The molecule has 0 saturated carbocycles. The number of carbonyl (C=O) groups excluding carboxylic acids is 2. The van der Waals surface area contributed by atoms with Crippen molar-refractivity contribution in [1.82, 2.24) is 10.6 Å². The minimum Gasteiger partial charge on any atom is -0.477 e. The maximum absolute atomic E-state index is 13.5. The second kappa shape index (κ2) is 53.7. The van der Waals surface area contributed by atoms with Crippen molar-refractivity contribution in [2.45, 2.75) is 387 Å². The lowest BCUT2D eigenvalue weighted by atomic mass is 9.88. The molecule has 18 atom stereocenters. The fraction of sp³-hybridized carbons (Fsp3) is 0.878. The van der Waals surface area contributed by atoms with Gasteiger partial charge in [-0.15, -0.1) is 0 Å². The lowest BCUT2D eigenvalue weighted by molar-refractivity contribution is -0.386. The Kier molecular flexibility index (Phi) is 48.8. The summed E-state index contributed by atoms with van der Waals surface area (Å²) in [6, 6.07) is -2.62. The van der Waals surface area contributed by atoms with Gasteiger partial charge in [0, 0.05) is 19.8 Å². The van der Waals surface area contributed by atoms with Crippen LogP contribution < -0.4 is 10.6 Å². The summed E-state index contributed by atoms with van der Waals surface area (Å²) in [7, 11) is 0. The molecule has 0 aliphatic carbocycles. The van der Waals surface area contributed by atoms with Crippen molar-refractivity contribution in [3.05, 3.63) is 36.5 Å². The van der Waals surface area contributed by atoms with E-state index in [0.717, 1.165) is 64.7 Å². The molecule has 3 fully saturated rings. The molecule has 3 rings (SSSR count). The first-order valence-corrected chi connectivity index (χ1v) is 37.9. The van der Waals surface area contributed by atoms with Crippen LogP contribution in [0, 0.1) is 0 Å². The van der Waals surface area contributed by atoms with Gasteiger partial charge in [0.15, 0.2) is 12.6 Å². The van der Waals surface area contributed by atoms with E-state index < -0.39 is 155 Å². The summed E-state index contributed by atoms with van der Waals surface area (Å²) in [6.07, 6.45) is 29.0.